The molecule has 1 aromatic heterocycles. The third-order valence-corrected chi connectivity index (χ3v) is 4.74. The van der Waals surface area contributed by atoms with Crippen LogP contribution in [0.5, 0.6) is 11.5 Å². The van der Waals surface area contributed by atoms with Gasteiger partial charge in [0.15, 0.2) is 11.5 Å². The molecule has 1 heterocycles. The minimum Gasteiger partial charge on any atom is -0.490 e. The zero-order chi connectivity index (χ0) is 19.9. The Morgan fingerprint density at radius 2 is 2.00 bits per heavy atom. The molecule has 0 saturated heterocycles. The van der Waals surface area contributed by atoms with Crippen LogP contribution in [0.25, 0.3) is 11.3 Å². The lowest BCUT2D eigenvalue weighted by atomic mass is 10.2. The summed E-state index contributed by atoms with van der Waals surface area (Å²) in [4.78, 5) is 4.54. The van der Waals surface area contributed by atoms with Gasteiger partial charge in [0, 0.05) is 22.6 Å². The summed E-state index contributed by atoms with van der Waals surface area (Å²) in [6.07, 6.45) is 1.67. The number of thiazole rings is 1. The summed E-state index contributed by atoms with van der Waals surface area (Å²) < 4.78 is 11.4. The molecule has 0 aliphatic heterocycles. The maximum Gasteiger partial charge on any atom is 0.203 e. The molecule has 3 aromatic rings. The summed E-state index contributed by atoms with van der Waals surface area (Å²) in [5.74, 6) is 1.27. The lowest BCUT2D eigenvalue weighted by Crippen LogP contribution is -2.08. The largest absolute Gasteiger partial charge is 0.490 e. The van der Waals surface area contributed by atoms with Gasteiger partial charge in [-0.05, 0) is 26.8 Å². The summed E-state index contributed by atoms with van der Waals surface area (Å²) >= 11 is 7.87. The molecular formula is C21H22ClN3O2S. The molecule has 0 fully saturated rings. The van der Waals surface area contributed by atoms with E-state index in [9.17, 15) is 0 Å². The van der Waals surface area contributed by atoms with Crippen molar-refractivity contribution in [2.24, 2.45) is 5.10 Å². The molecule has 1 N–H and O–H groups in total. The first-order chi connectivity index (χ1) is 13.6. The van der Waals surface area contributed by atoms with Gasteiger partial charge in [0.05, 0.1) is 29.6 Å². The third kappa shape index (κ3) is 5.24. The van der Waals surface area contributed by atoms with E-state index in [4.69, 9.17) is 21.1 Å². The number of anilines is 1. The Labute approximate surface area is 174 Å². The summed E-state index contributed by atoms with van der Waals surface area (Å²) in [5, 5.41) is 7.50. The van der Waals surface area contributed by atoms with Crippen LogP contribution >= 0.6 is 22.9 Å². The van der Waals surface area contributed by atoms with E-state index in [1.807, 2.05) is 62.5 Å². The second kappa shape index (κ2) is 9.57. The van der Waals surface area contributed by atoms with Gasteiger partial charge in [-0.3, -0.25) is 5.43 Å². The van der Waals surface area contributed by atoms with Crippen molar-refractivity contribution in [3.8, 4) is 22.8 Å². The van der Waals surface area contributed by atoms with Crippen molar-refractivity contribution in [2.45, 2.75) is 26.9 Å². The second-order valence-corrected chi connectivity index (χ2v) is 7.46. The minimum absolute atomic E-state index is 0.0279. The topological polar surface area (TPSA) is 55.7 Å². The molecular weight excluding hydrogens is 394 g/mol. The Kier molecular flexibility index (Phi) is 6.90. The van der Waals surface area contributed by atoms with Crippen LogP contribution in [-0.4, -0.2) is 23.9 Å². The Morgan fingerprint density at radius 3 is 2.71 bits per heavy atom. The van der Waals surface area contributed by atoms with Crippen LogP contribution in [0.2, 0.25) is 5.02 Å². The molecule has 0 spiro atoms. The summed E-state index contributed by atoms with van der Waals surface area (Å²) in [6, 6.07) is 13.6. The number of nitrogens with zero attached hydrogens (tertiary/aromatic N) is 2. The Morgan fingerprint density at radius 1 is 1.21 bits per heavy atom. The molecule has 146 valence electrons. The molecule has 3 rings (SSSR count). The smallest absolute Gasteiger partial charge is 0.203 e. The van der Waals surface area contributed by atoms with E-state index in [0.29, 0.717) is 28.3 Å². The van der Waals surface area contributed by atoms with Crippen molar-refractivity contribution in [3.05, 3.63) is 58.4 Å². The van der Waals surface area contributed by atoms with E-state index in [2.05, 4.69) is 15.5 Å². The second-order valence-electron chi connectivity index (χ2n) is 6.19. The van der Waals surface area contributed by atoms with Crippen molar-refractivity contribution in [1.29, 1.82) is 0 Å². The van der Waals surface area contributed by atoms with Crippen molar-refractivity contribution in [3.63, 3.8) is 0 Å². The van der Waals surface area contributed by atoms with E-state index in [0.717, 1.165) is 16.8 Å². The third-order valence-electron chi connectivity index (χ3n) is 3.66. The van der Waals surface area contributed by atoms with E-state index < -0.39 is 0 Å². The van der Waals surface area contributed by atoms with Crippen molar-refractivity contribution < 1.29 is 9.47 Å². The van der Waals surface area contributed by atoms with Crippen LogP contribution in [0.3, 0.4) is 0 Å². The normalized spacial score (nSPS) is 11.2. The predicted octanol–water partition coefficient (Wildman–Crippen LogP) is 6.10. The van der Waals surface area contributed by atoms with E-state index >= 15 is 0 Å². The number of halogens is 1. The average Bonchev–Trinajstić information content (AvgIpc) is 3.14. The van der Waals surface area contributed by atoms with Gasteiger partial charge in [-0.15, -0.1) is 11.3 Å². The summed E-state index contributed by atoms with van der Waals surface area (Å²) in [7, 11) is 0. The van der Waals surface area contributed by atoms with Gasteiger partial charge in [0.2, 0.25) is 5.13 Å². The Hall–Kier alpha value is -2.57. The molecule has 0 saturated carbocycles. The Bertz CT molecular complexity index is 942. The maximum absolute atomic E-state index is 6.38. The first-order valence-electron chi connectivity index (χ1n) is 8.99. The molecule has 0 aliphatic carbocycles. The molecule has 2 aromatic carbocycles. The molecule has 0 bridgehead atoms. The van der Waals surface area contributed by atoms with Crippen LogP contribution in [0.1, 0.15) is 26.3 Å². The number of rotatable bonds is 8. The van der Waals surface area contributed by atoms with Gasteiger partial charge >= 0.3 is 0 Å². The van der Waals surface area contributed by atoms with Crippen molar-refractivity contribution in [1.82, 2.24) is 4.98 Å². The maximum atomic E-state index is 6.38. The van der Waals surface area contributed by atoms with Crippen LogP contribution in [0.4, 0.5) is 5.13 Å². The quantitative estimate of drug-likeness (QED) is 0.357. The molecule has 28 heavy (non-hydrogen) atoms. The van der Waals surface area contributed by atoms with Gasteiger partial charge in [-0.1, -0.05) is 41.9 Å². The van der Waals surface area contributed by atoms with E-state index in [1.165, 1.54) is 11.3 Å². The van der Waals surface area contributed by atoms with Crippen molar-refractivity contribution >= 4 is 34.3 Å². The number of benzene rings is 2. The van der Waals surface area contributed by atoms with Gasteiger partial charge in [-0.25, -0.2) is 4.98 Å². The predicted molar refractivity (Wildman–Crippen MR) is 117 cm³/mol. The molecule has 0 radical (unpaired) electrons. The minimum atomic E-state index is 0.0279. The molecule has 0 atom stereocenters. The highest BCUT2D eigenvalue weighted by Gasteiger charge is 2.11. The Balaban J connectivity index is 1.73. The number of hydrogen-bond donors (Lipinski definition) is 1. The number of ether oxygens (including phenoxy) is 2. The molecule has 0 amide bonds. The van der Waals surface area contributed by atoms with Crippen LogP contribution in [0.15, 0.2) is 52.9 Å². The van der Waals surface area contributed by atoms with Crippen LogP contribution in [0, 0.1) is 0 Å². The number of nitrogens with one attached hydrogen (secondary N) is 1. The SMILES string of the molecule is CCOc1cc(C=NNc2nc(-c3ccccc3)cs2)c(Cl)cc1OC(C)C. The lowest BCUT2D eigenvalue weighted by molar-refractivity contribution is 0.224. The van der Waals surface area contributed by atoms with Gasteiger partial charge < -0.3 is 9.47 Å². The first-order valence-corrected chi connectivity index (χ1v) is 10.3. The fourth-order valence-corrected chi connectivity index (χ4v) is 3.36. The molecule has 5 nitrogen and oxygen atoms in total. The lowest BCUT2D eigenvalue weighted by Gasteiger charge is -2.15. The molecule has 7 heteroatoms. The average molecular weight is 416 g/mol. The van der Waals surface area contributed by atoms with Crippen molar-refractivity contribution in [2.75, 3.05) is 12.0 Å². The molecule has 0 unspecified atom stereocenters. The zero-order valence-electron chi connectivity index (χ0n) is 16.0. The number of aromatic nitrogens is 1. The standard InChI is InChI=1S/C21H22ClN3O2S/c1-4-26-19-10-16(17(22)11-20(19)27-14(2)3)12-23-25-21-24-18(13-28-21)15-8-6-5-7-9-15/h5-14H,4H2,1-3H3,(H,24,25). The molecule has 0 aliphatic rings. The highest BCUT2D eigenvalue weighted by atomic mass is 35.5. The van der Waals surface area contributed by atoms with E-state index in [-0.39, 0.29) is 6.10 Å². The zero-order valence-corrected chi connectivity index (χ0v) is 17.6. The fourth-order valence-electron chi connectivity index (χ4n) is 2.49. The summed E-state index contributed by atoms with van der Waals surface area (Å²) in [6.45, 7) is 6.38. The highest BCUT2D eigenvalue weighted by molar-refractivity contribution is 7.14. The van der Waals surface area contributed by atoms with Crippen LogP contribution < -0.4 is 14.9 Å². The van der Waals surface area contributed by atoms with Crippen LogP contribution in [-0.2, 0) is 0 Å². The van der Waals surface area contributed by atoms with Gasteiger partial charge in [0.25, 0.3) is 0 Å². The number of hydrazone groups is 1. The van der Waals surface area contributed by atoms with E-state index in [1.54, 1.807) is 12.3 Å². The highest BCUT2D eigenvalue weighted by Crippen LogP contribution is 2.34. The summed E-state index contributed by atoms with van der Waals surface area (Å²) in [5.41, 5.74) is 5.67. The van der Waals surface area contributed by atoms with Gasteiger partial charge in [0.1, 0.15) is 0 Å². The first kappa shape index (κ1) is 20.2. The van der Waals surface area contributed by atoms with Gasteiger partial charge in [-0.2, -0.15) is 5.10 Å². The number of hydrogen-bond acceptors (Lipinski definition) is 6. The fraction of sp³-hybridized carbons (Fsp3) is 0.238. The monoisotopic (exact) mass is 415 g/mol.